The third kappa shape index (κ3) is 5.38. The van der Waals surface area contributed by atoms with Gasteiger partial charge in [-0.25, -0.2) is 0 Å². The Kier molecular flexibility index (Phi) is 6.82. The van der Waals surface area contributed by atoms with Crippen molar-refractivity contribution in [3.63, 3.8) is 0 Å². The first-order valence-electron chi connectivity index (χ1n) is 12.4. The summed E-state index contributed by atoms with van der Waals surface area (Å²) in [5, 5.41) is 8.95. The molecular formula is C29H31N3O3. The molecule has 1 aliphatic heterocycles. The molecule has 0 atom stereocenters. The van der Waals surface area contributed by atoms with Gasteiger partial charge >= 0.3 is 0 Å². The number of nitrogens with zero attached hydrogens (tertiary/aromatic N) is 1. The Bertz CT molecular complexity index is 1350. The summed E-state index contributed by atoms with van der Waals surface area (Å²) < 4.78 is 5.93. The van der Waals surface area contributed by atoms with E-state index in [1.165, 1.54) is 12.5 Å². The minimum absolute atomic E-state index is 0.0436. The maximum absolute atomic E-state index is 12.7. The number of rotatable bonds is 7. The molecule has 2 heterocycles. The van der Waals surface area contributed by atoms with Crippen LogP contribution < -0.4 is 10.6 Å². The number of amides is 2. The van der Waals surface area contributed by atoms with Crippen molar-refractivity contribution in [2.75, 3.05) is 31.5 Å². The number of carbonyl (C=O) groups is 2. The monoisotopic (exact) mass is 469 g/mol. The van der Waals surface area contributed by atoms with Gasteiger partial charge in [0.1, 0.15) is 5.58 Å². The predicted molar refractivity (Wildman–Crippen MR) is 140 cm³/mol. The number of furan rings is 1. The van der Waals surface area contributed by atoms with E-state index in [-0.39, 0.29) is 11.8 Å². The summed E-state index contributed by atoms with van der Waals surface area (Å²) in [5.74, 6) is 0.670. The van der Waals surface area contributed by atoms with E-state index in [1.807, 2.05) is 48.5 Å². The number of nitrogens with one attached hydrogen (secondary N) is 2. The van der Waals surface area contributed by atoms with Crippen LogP contribution >= 0.6 is 0 Å². The van der Waals surface area contributed by atoms with Crippen LogP contribution in [0, 0.1) is 0 Å². The molecule has 0 radical (unpaired) electrons. The smallest absolute Gasteiger partial charge is 0.287 e. The van der Waals surface area contributed by atoms with Crippen LogP contribution in [0.5, 0.6) is 0 Å². The zero-order chi connectivity index (χ0) is 24.2. The number of benzene rings is 3. The van der Waals surface area contributed by atoms with Gasteiger partial charge < -0.3 is 20.0 Å². The van der Waals surface area contributed by atoms with E-state index in [0.29, 0.717) is 18.2 Å². The lowest BCUT2D eigenvalue weighted by atomic mass is 9.89. The van der Waals surface area contributed by atoms with Crippen LogP contribution in [0.15, 0.2) is 71.1 Å². The van der Waals surface area contributed by atoms with Crippen molar-refractivity contribution >= 4 is 39.2 Å². The van der Waals surface area contributed by atoms with Gasteiger partial charge in [0.05, 0.1) is 0 Å². The zero-order valence-corrected chi connectivity index (χ0v) is 20.0. The van der Waals surface area contributed by atoms with Crippen molar-refractivity contribution in [1.82, 2.24) is 10.2 Å². The van der Waals surface area contributed by atoms with E-state index in [0.717, 1.165) is 66.3 Å². The largest absolute Gasteiger partial charge is 0.450 e. The summed E-state index contributed by atoms with van der Waals surface area (Å²) in [6.07, 6.45) is 3.10. The molecule has 1 aromatic heterocycles. The number of hydrogen-bond donors (Lipinski definition) is 2. The summed E-state index contributed by atoms with van der Waals surface area (Å²) in [6.45, 7) is 5.20. The molecule has 0 unspecified atom stereocenters. The van der Waals surface area contributed by atoms with Crippen LogP contribution in [0.2, 0.25) is 0 Å². The molecule has 6 heteroatoms. The molecule has 2 amide bonds. The first-order chi connectivity index (χ1) is 17.1. The van der Waals surface area contributed by atoms with E-state index in [4.69, 9.17) is 4.42 Å². The highest BCUT2D eigenvalue weighted by Crippen LogP contribution is 2.30. The Labute approximate surface area is 205 Å². The van der Waals surface area contributed by atoms with Gasteiger partial charge in [0, 0.05) is 29.9 Å². The standard InChI is InChI=1S/C29H31N3O3/c1-20(33)31-25-8-4-7-23(18-25)21-12-16-32(17-13-21)15-5-14-30-29(34)27-19-24-11-10-22-6-2-3-9-26(22)28(24)35-27/h2-4,6-11,18-19,21H,5,12-17H2,1H3,(H,30,34)(H,31,33). The average Bonchev–Trinajstić information content (AvgIpc) is 3.32. The Morgan fingerprint density at radius 3 is 2.60 bits per heavy atom. The average molecular weight is 470 g/mol. The number of anilines is 1. The lowest BCUT2D eigenvalue weighted by Crippen LogP contribution is -2.35. The molecule has 5 rings (SSSR count). The van der Waals surface area contributed by atoms with Crippen LogP contribution in [0.1, 0.15) is 48.2 Å². The number of fused-ring (bicyclic) bond motifs is 3. The fourth-order valence-corrected chi connectivity index (χ4v) is 5.04. The quantitative estimate of drug-likeness (QED) is 0.348. The molecule has 1 aliphatic rings. The molecule has 0 bridgehead atoms. The minimum Gasteiger partial charge on any atom is -0.450 e. The minimum atomic E-state index is -0.164. The summed E-state index contributed by atoms with van der Waals surface area (Å²) in [6, 6.07) is 22.1. The van der Waals surface area contributed by atoms with Gasteiger partial charge in [-0.3, -0.25) is 9.59 Å². The summed E-state index contributed by atoms with van der Waals surface area (Å²) >= 11 is 0. The molecule has 6 nitrogen and oxygen atoms in total. The van der Waals surface area contributed by atoms with Gasteiger partial charge in [-0.2, -0.15) is 0 Å². The summed E-state index contributed by atoms with van der Waals surface area (Å²) in [4.78, 5) is 26.4. The van der Waals surface area contributed by atoms with Crippen molar-refractivity contribution in [3.8, 4) is 0 Å². The van der Waals surface area contributed by atoms with E-state index in [2.05, 4.69) is 33.7 Å². The third-order valence-corrected chi connectivity index (χ3v) is 6.84. The van der Waals surface area contributed by atoms with Crippen molar-refractivity contribution in [1.29, 1.82) is 0 Å². The molecule has 1 saturated heterocycles. The van der Waals surface area contributed by atoms with Gasteiger partial charge in [-0.1, -0.05) is 48.5 Å². The maximum Gasteiger partial charge on any atom is 0.287 e. The molecular weight excluding hydrogens is 438 g/mol. The Morgan fingerprint density at radius 2 is 1.77 bits per heavy atom. The second-order valence-corrected chi connectivity index (χ2v) is 9.35. The topological polar surface area (TPSA) is 74.6 Å². The lowest BCUT2D eigenvalue weighted by Gasteiger charge is -2.32. The molecule has 1 fully saturated rings. The van der Waals surface area contributed by atoms with Gasteiger partial charge in [0.2, 0.25) is 5.91 Å². The first kappa shape index (κ1) is 23.1. The molecule has 2 N–H and O–H groups in total. The predicted octanol–water partition coefficient (Wildman–Crippen LogP) is 5.54. The fourth-order valence-electron chi connectivity index (χ4n) is 5.04. The Morgan fingerprint density at radius 1 is 0.971 bits per heavy atom. The SMILES string of the molecule is CC(=O)Nc1cccc(C2CCN(CCCNC(=O)c3cc4ccc5ccccc5c4o3)CC2)c1. The van der Waals surface area contributed by atoms with Gasteiger partial charge in [-0.15, -0.1) is 0 Å². The van der Waals surface area contributed by atoms with Gasteiger partial charge in [-0.05, 0) is 74.0 Å². The zero-order valence-electron chi connectivity index (χ0n) is 20.0. The molecule has 0 aliphatic carbocycles. The van der Waals surface area contributed by atoms with Crippen molar-refractivity contribution in [2.24, 2.45) is 0 Å². The molecule has 3 aromatic carbocycles. The van der Waals surface area contributed by atoms with Crippen LogP contribution in [-0.4, -0.2) is 42.9 Å². The van der Waals surface area contributed by atoms with Gasteiger partial charge in [0.25, 0.3) is 5.91 Å². The van der Waals surface area contributed by atoms with Gasteiger partial charge in [0.15, 0.2) is 5.76 Å². The number of carbonyl (C=O) groups excluding carboxylic acids is 2. The second kappa shape index (κ2) is 10.3. The van der Waals surface area contributed by atoms with E-state index in [9.17, 15) is 9.59 Å². The normalized spacial score (nSPS) is 14.9. The van der Waals surface area contributed by atoms with Crippen LogP contribution in [0.3, 0.4) is 0 Å². The third-order valence-electron chi connectivity index (χ3n) is 6.84. The van der Waals surface area contributed by atoms with Crippen LogP contribution in [-0.2, 0) is 4.79 Å². The van der Waals surface area contributed by atoms with Crippen molar-refractivity contribution in [3.05, 3.63) is 78.1 Å². The summed E-state index contributed by atoms with van der Waals surface area (Å²) in [5.41, 5.74) is 2.92. The highest BCUT2D eigenvalue weighted by Gasteiger charge is 2.21. The molecule has 4 aromatic rings. The molecule has 35 heavy (non-hydrogen) atoms. The van der Waals surface area contributed by atoms with E-state index in [1.54, 1.807) is 0 Å². The van der Waals surface area contributed by atoms with E-state index < -0.39 is 0 Å². The Balaban J connectivity index is 1.08. The van der Waals surface area contributed by atoms with Crippen LogP contribution in [0.25, 0.3) is 21.7 Å². The Hall–Kier alpha value is -3.64. The van der Waals surface area contributed by atoms with Crippen molar-refractivity contribution in [2.45, 2.75) is 32.1 Å². The molecule has 180 valence electrons. The fraction of sp³-hybridized carbons (Fsp3) is 0.310. The molecule has 0 spiro atoms. The first-order valence-corrected chi connectivity index (χ1v) is 12.4. The second-order valence-electron chi connectivity index (χ2n) is 9.35. The van der Waals surface area contributed by atoms with Crippen LogP contribution in [0.4, 0.5) is 5.69 Å². The number of piperidine rings is 1. The number of likely N-dealkylation sites (tertiary alicyclic amines) is 1. The van der Waals surface area contributed by atoms with E-state index >= 15 is 0 Å². The number of hydrogen-bond acceptors (Lipinski definition) is 4. The maximum atomic E-state index is 12.7. The molecule has 0 saturated carbocycles. The van der Waals surface area contributed by atoms with Crippen molar-refractivity contribution < 1.29 is 14.0 Å². The summed E-state index contributed by atoms with van der Waals surface area (Å²) in [7, 11) is 0. The highest BCUT2D eigenvalue weighted by molar-refractivity contribution is 6.07. The highest BCUT2D eigenvalue weighted by atomic mass is 16.3. The lowest BCUT2D eigenvalue weighted by molar-refractivity contribution is -0.114.